The van der Waals surface area contributed by atoms with Crippen LogP contribution in [-0.2, 0) is 17.8 Å². The molecule has 0 saturated carbocycles. The van der Waals surface area contributed by atoms with Crippen molar-refractivity contribution in [3.63, 3.8) is 0 Å². The molecule has 0 radical (unpaired) electrons. The quantitative estimate of drug-likeness (QED) is 0.479. The van der Waals surface area contributed by atoms with Crippen molar-refractivity contribution in [1.29, 1.82) is 0 Å². The van der Waals surface area contributed by atoms with Crippen molar-refractivity contribution in [2.45, 2.75) is 52.1 Å². The Morgan fingerprint density at radius 1 is 1.28 bits per heavy atom. The van der Waals surface area contributed by atoms with Crippen LogP contribution in [0.4, 0.5) is 5.13 Å². The lowest BCUT2D eigenvalue weighted by Gasteiger charge is -2.41. The van der Waals surface area contributed by atoms with Gasteiger partial charge in [-0.15, -0.1) is 0 Å². The highest BCUT2D eigenvalue weighted by Crippen LogP contribution is 2.34. The minimum atomic E-state index is -0.784. The number of thiazole rings is 1. The summed E-state index contributed by atoms with van der Waals surface area (Å²) in [5.41, 5.74) is 4.27. The number of anilines is 1. The molecule has 6 nitrogen and oxygen atoms in total. The third-order valence-electron chi connectivity index (χ3n) is 5.96. The van der Waals surface area contributed by atoms with Crippen LogP contribution < -0.4 is 4.90 Å². The number of carbonyl (C=O) groups is 1. The van der Waals surface area contributed by atoms with E-state index in [2.05, 4.69) is 22.8 Å². The molecule has 2 aromatic heterocycles. The number of unbranched alkanes of at least 4 members (excludes halogenated alkanes) is 1. The van der Waals surface area contributed by atoms with Gasteiger partial charge in [-0.2, -0.15) is 0 Å². The number of aryl methyl sites for hydroxylation is 1. The predicted molar refractivity (Wildman–Crippen MR) is 128 cm³/mol. The van der Waals surface area contributed by atoms with Gasteiger partial charge in [-0.1, -0.05) is 54.9 Å². The van der Waals surface area contributed by atoms with Gasteiger partial charge in [0.25, 0.3) is 0 Å². The Bertz CT molecular complexity index is 1030. The average Bonchev–Trinajstić information content (AvgIpc) is 3.43. The number of piperazine rings is 1. The van der Waals surface area contributed by atoms with Gasteiger partial charge in [-0.05, 0) is 30.5 Å². The van der Waals surface area contributed by atoms with Crippen molar-refractivity contribution in [3.8, 4) is 10.4 Å². The predicted octanol–water partition coefficient (Wildman–Crippen LogP) is 5.22. The van der Waals surface area contributed by atoms with Gasteiger partial charge in [0.05, 0.1) is 23.8 Å². The molecule has 3 heterocycles. The lowest BCUT2D eigenvalue weighted by molar-refractivity contribution is -0.136. The molecule has 1 N–H and O–H groups in total. The Hall–Kier alpha value is -2.64. The van der Waals surface area contributed by atoms with E-state index in [4.69, 9.17) is 14.5 Å². The first-order chi connectivity index (χ1) is 15.5. The number of aliphatic carboxylic acids is 1. The normalized spacial score (nSPS) is 17.1. The second-order valence-electron chi connectivity index (χ2n) is 8.64. The molecule has 1 saturated heterocycles. The Kier molecular flexibility index (Phi) is 7.27. The van der Waals surface area contributed by atoms with Crippen molar-refractivity contribution in [2.75, 3.05) is 24.5 Å². The standard InChI is InChI=1S/C25H31N3O3S/c1-3-4-5-22-16-27(15-20-11-18(2)10-19(12-20)13-24(29)30)7-8-28(22)25-26-14-23(32-25)21-6-9-31-17-21/h6,9-12,14,17,22H,3-5,7-8,13,15-16H2,1-2H3,(H,29,30)/t22-/m0/s1. The zero-order valence-electron chi connectivity index (χ0n) is 18.8. The molecule has 0 spiro atoms. The summed E-state index contributed by atoms with van der Waals surface area (Å²) in [6, 6.07) is 8.60. The van der Waals surface area contributed by atoms with Crippen LogP contribution in [0.3, 0.4) is 0 Å². The molecule has 7 heteroatoms. The Morgan fingerprint density at radius 2 is 2.12 bits per heavy atom. The smallest absolute Gasteiger partial charge is 0.307 e. The summed E-state index contributed by atoms with van der Waals surface area (Å²) in [7, 11) is 0. The zero-order chi connectivity index (χ0) is 22.5. The van der Waals surface area contributed by atoms with Gasteiger partial charge in [-0.3, -0.25) is 9.69 Å². The van der Waals surface area contributed by atoms with E-state index < -0.39 is 5.97 Å². The van der Waals surface area contributed by atoms with Gasteiger partial charge in [0.2, 0.25) is 0 Å². The SMILES string of the molecule is CCCC[C@H]1CN(Cc2cc(C)cc(CC(=O)O)c2)CCN1c1ncc(-c2ccoc2)s1. The Labute approximate surface area is 193 Å². The summed E-state index contributed by atoms with van der Waals surface area (Å²) < 4.78 is 5.23. The van der Waals surface area contributed by atoms with Crippen molar-refractivity contribution >= 4 is 22.4 Å². The monoisotopic (exact) mass is 453 g/mol. The first kappa shape index (κ1) is 22.6. The zero-order valence-corrected chi connectivity index (χ0v) is 19.6. The first-order valence-corrected chi connectivity index (χ1v) is 12.1. The van der Waals surface area contributed by atoms with Crippen LogP contribution in [0.1, 0.15) is 42.9 Å². The minimum Gasteiger partial charge on any atom is -0.481 e. The molecule has 0 amide bonds. The van der Waals surface area contributed by atoms with Crippen LogP contribution in [0.5, 0.6) is 0 Å². The number of carboxylic acids is 1. The van der Waals surface area contributed by atoms with Gasteiger partial charge in [0, 0.05) is 44.0 Å². The molecule has 1 atom stereocenters. The summed E-state index contributed by atoms with van der Waals surface area (Å²) in [5, 5.41) is 10.2. The summed E-state index contributed by atoms with van der Waals surface area (Å²) in [6.45, 7) is 8.02. The van der Waals surface area contributed by atoms with E-state index in [0.29, 0.717) is 6.04 Å². The van der Waals surface area contributed by atoms with E-state index >= 15 is 0 Å². The van der Waals surface area contributed by atoms with Crippen LogP contribution in [0.15, 0.2) is 47.4 Å². The maximum absolute atomic E-state index is 11.1. The van der Waals surface area contributed by atoms with E-state index in [0.717, 1.165) is 59.3 Å². The third kappa shape index (κ3) is 5.58. The highest BCUT2D eigenvalue weighted by Gasteiger charge is 2.29. The molecular formula is C25H31N3O3S. The largest absolute Gasteiger partial charge is 0.481 e. The van der Waals surface area contributed by atoms with E-state index in [1.54, 1.807) is 23.9 Å². The molecule has 32 heavy (non-hydrogen) atoms. The highest BCUT2D eigenvalue weighted by molar-refractivity contribution is 7.18. The fraction of sp³-hybridized carbons (Fsp3) is 0.440. The molecule has 170 valence electrons. The molecule has 1 aliphatic heterocycles. The molecular weight excluding hydrogens is 422 g/mol. The third-order valence-corrected chi connectivity index (χ3v) is 7.04. The van der Waals surface area contributed by atoms with Crippen LogP contribution in [0.2, 0.25) is 0 Å². The number of hydrogen-bond donors (Lipinski definition) is 1. The fourth-order valence-corrected chi connectivity index (χ4v) is 5.51. The maximum atomic E-state index is 11.1. The molecule has 0 aliphatic carbocycles. The van der Waals surface area contributed by atoms with Crippen molar-refractivity contribution in [1.82, 2.24) is 9.88 Å². The van der Waals surface area contributed by atoms with Gasteiger partial charge in [-0.25, -0.2) is 4.98 Å². The van der Waals surface area contributed by atoms with Crippen molar-refractivity contribution < 1.29 is 14.3 Å². The number of aromatic nitrogens is 1. The fourth-order valence-electron chi connectivity index (χ4n) is 4.51. The number of benzene rings is 1. The van der Waals surface area contributed by atoms with Gasteiger partial charge in [0.15, 0.2) is 5.13 Å². The summed E-state index contributed by atoms with van der Waals surface area (Å²) in [5.74, 6) is -0.784. The molecule has 1 aliphatic rings. The second kappa shape index (κ2) is 10.3. The van der Waals surface area contributed by atoms with Crippen molar-refractivity contribution in [2.24, 2.45) is 0 Å². The van der Waals surface area contributed by atoms with Gasteiger partial charge >= 0.3 is 5.97 Å². The van der Waals surface area contributed by atoms with Crippen molar-refractivity contribution in [3.05, 3.63) is 59.7 Å². The van der Waals surface area contributed by atoms with E-state index in [1.165, 1.54) is 18.4 Å². The molecule has 4 rings (SSSR count). The summed E-state index contributed by atoms with van der Waals surface area (Å²) in [4.78, 5) is 22.0. The molecule has 3 aromatic rings. The van der Waals surface area contributed by atoms with Crippen LogP contribution in [0, 0.1) is 6.92 Å². The second-order valence-corrected chi connectivity index (χ2v) is 9.65. The lowest BCUT2D eigenvalue weighted by Crippen LogP contribution is -2.53. The lowest BCUT2D eigenvalue weighted by atomic mass is 10.0. The molecule has 1 aromatic carbocycles. The molecule has 1 fully saturated rings. The summed E-state index contributed by atoms with van der Waals surface area (Å²) >= 11 is 1.73. The van der Waals surface area contributed by atoms with E-state index in [-0.39, 0.29) is 6.42 Å². The number of nitrogens with zero attached hydrogens (tertiary/aromatic N) is 3. The van der Waals surface area contributed by atoms with Crippen LogP contribution in [0.25, 0.3) is 10.4 Å². The Morgan fingerprint density at radius 3 is 2.88 bits per heavy atom. The number of carboxylic acid groups (broad SMARTS) is 1. The van der Waals surface area contributed by atoms with E-state index in [9.17, 15) is 4.79 Å². The van der Waals surface area contributed by atoms with Crippen LogP contribution >= 0.6 is 11.3 Å². The first-order valence-electron chi connectivity index (χ1n) is 11.3. The summed E-state index contributed by atoms with van der Waals surface area (Å²) in [6.07, 6.45) is 9.01. The van der Waals surface area contributed by atoms with E-state index in [1.807, 2.05) is 31.3 Å². The molecule has 0 unspecified atom stereocenters. The number of rotatable bonds is 9. The van der Waals surface area contributed by atoms with Gasteiger partial charge in [0.1, 0.15) is 0 Å². The maximum Gasteiger partial charge on any atom is 0.307 e. The molecule has 0 bridgehead atoms. The average molecular weight is 454 g/mol. The number of furan rings is 1. The highest BCUT2D eigenvalue weighted by atomic mass is 32.1. The van der Waals surface area contributed by atoms with Gasteiger partial charge < -0.3 is 14.4 Å². The topological polar surface area (TPSA) is 69.8 Å². The Balaban J connectivity index is 1.47. The van der Waals surface area contributed by atoms with Crippen LogP contribution in [-0.4, -0.2) is 46.6 Å². The minimum absolute atomic E-state index is 0.0740. The number of hydrogen-bond acceptors (Lipinski definition) is 6.